The number of ether oxygens (including phenoxy) is 2. The van der Waals surface area contributed by atoms with Crippen molar-refractivity contribution in [1.82, 2.24) is 5.32 Å². The molecule has 0 fully saturated rings. The largest absolute Gasteiger partial charge is 0.494 e. The van der Waals surface area contributed by atoms with E-state index in [4.69, 9.17) is 19.6 Å². The van der Waals surface area contributed by atoms with Crippen LogP contribution >= 0.6 is 0 Å². The first-order valence-corrected chi connectivity index (χ1v) is 15.4. The minimum absolute atomic E-state index is 0.0473. The molecular weight excluding hydrogens is 592 g/mol. The summed E-state index contributed by atoms with van der Waals surface area (Å²) in [5.74, 6) is 0.596. The molecule has 2 atom stereocenters. The summed E-state index contributed by atoms with van der Waals surface area (Å²) in [4.78, 5) is 24.6. The van der Waals surface area contributed by atoms with Crippen molar-refractivity contribution in [1.29, 1.82) is 0 Å². The van der Waals surface area contributed by atoms with Crippen molar-refractivity contribution in [3.8, 4) is 5.75 Å². The predicted molar refractivity (Wildman–Crippen MR) is 185 cm³/mol. The Morgan fingerprint density at radius 1 is 1.04 bits per heavy atom. The molecule has 0 unspecified atom stereocenters. The van der Waals surface area contributed by atoms with E-state index in [1.54, 1.807) is 30.3 Å². The zero-order chi connectivity index (χ0) is 33.1. The monoisotopic (exact) mass is 630 g/mol. The number of amides is 1. The molecule has 1 aliphatic heterocycles. The van der Waals surface area contributed by atoms with Crippen LogP contribution < -0.4 is 15.0 Å². The highest BCUT2D eigenvalue weighted by Crippen LogP contribution is 2.45. The fourth-order valence-corrected chi connectivity index (χ4v) is 5.33. The Morgan fingerprint density at radius 3 is 2.47 bits per heavy atom. The van der Waals surface area contributed by atoms with Gasteiger partial charge in [-0.05, 0) is 53.1 Å². The quantitative estimate of drug-likeness (QED) is 0.0662. The van der Waals surface area contributed by atoms with E-state index >= 15 is 0 Å². The molecular formula is C37H38N6O4. The lowest BCUT2D eigenvalue weighted by molar-refractivity contribution is -0.129. The molecule has 0 aliphatic carbocycles. The molecule has 0 bridgehead atoms. The fraction of sp³-hybridized carbons (Fsp3) is 0.243. The van der Waals surface area contributed by atoms with E-state index in [2.05, 4.69) is 15.3 Å². The third kappa shape index (κ3) is 7.99. The number of azide groups is 1. The first kappa shape index (κ1) is 32.8. The van der Waals surface area contributed by atoms with Gasteiger partial charge in [0.15, 0.2) is 11.6 Å². The van der Waals surface area contributed by atoms with Gasteiger partial charge in [-0.25, -0.2) is 4.99 Å². The van der Waals surface area contributed by atoms with E-state index in [1.165, 1.54) is 0 Å². The zero-order valence-electron chi connectivity index (χ0n) is 26.5. The highest BCUT2D eigenvalue weighted by molar-refractivity contribution is 6.01. The van der Waals surface area contributed by atoms with Crippen LogP contribution in [0.25, 0.3) is 16.5 Å². The SMILES string of the molecule is CN(C)c1ccc(CNC(=O)[C@]2(C/C=C/c3ccccc3)N=C(c3ccc(OCCCO)cc3)O[C@@H]2c2ccccc2N=[N+]=[N-])cc1. The highest BCUT2D eigenvalue weighted by Gasteiger charge is 2.53. The maximum atomic E-state index is 14.5. The number of nitrogens with zero attached hydrogens (tertiary/aromatic N) is 5. The van der Waals surface area contributed by atoms with Gasteiger partial charge in [0.25, 0.3) is 5.91 Å². The summed E-state index contributed by atoms with van der Waals surface area (Å²) in [6.45, 7) is 0.721. The molecule has 0 saturated heterocycles. The molecule has 0 aromatic heterocycles. The molecule has 0 spiro atoms. The van der Waals surface area contributed by atoms with Crippen LogP contribution in [0.3, 0.4) is 0 Å². The minimum Gasteiger partial charge on any atom is -0.494 e. The molecule has 0 radical (unpaired) electrons. The van der Waals surface area contributed by atoms with Crippen LogP contribution in [0.1, 0.15) is 41.2 Å². The van der Waals surface area contributed by atoms with Crippen LogP contribution in [-0.4, -0.2) is 49.8 Å². The van der Waals surface area contributed by atoms with Crippen LogP contribution in [0.15, 0.2) is 119 Å². The van der Waals surface area contributed by atoms with Crippen LogP contribution in [-0.2, 0) is 16.1 Å². The molecule has 5 rings (SSSR count). The number of aliphatic imine (C=N–C) groups is 1. The maximum absolute atomic E-state index is 14.5. The van der Waals surface area contributed by atoms with Crippen molar-refractivity contribution in [3.05, 3.63) is 142 Å². The van der Waals surface area contributed by atoms with Gasteiger partial charge in [-0.2, -0.15) is 0 Å². The smallest absolute Gasteiger partial charge is 0.252 e. The summed E-state index contributed by atoms with van der Waals surface area (Å²) in [6, 6.07) is 32.1. The Labute approximate surface area is 274 Å². The topological polar surface area (TPSA) is 132 Å². The lowest BCUT2D eigenvalue weighted by Gasteiger charge is -2.30. The third-order valence-electron chi connectivity index (χ3n) is 7.85. The van der Waals surface area contributed by atoms with E-state index in [0.717, 1.165) is 16.8 Å². The number of carbonyl (C=O) groups excluding carboxylic acids is 1. The lowest BCUT2D eigenvalue weighted by Crippen LogP contribution is -2.47. The van der Waals surface area contributed by atoms with E-state index in [0.29, 0.717) is 35.6 Å². The van der Waals surface area contributed by atoms with Crippen LogP contribution in [0, 0.1) is 0 Å². The second-order valence-electron chi connectivity index (χ2n) is 11.3. The van der Waals surface area contributed by atoms with Crippen molar-refractivity contribution in [3.63, 3.8) is 0 Å². The minimum atomic E-state index is -1.44. The van der Waals surface area contributed by atoms with Gasteiger partial charge in [-0.1, -0.05) is 84.0 Å². The number of benzene rings is 4. The van der Waals surface area contributed by atoms with Gasteiger partial charge in [0.05, 0.1) is 6.61 Å². The zero-order valence-corrected chi connectivity index (χ0v) is 26.5. The molecule has 4 aromatic carbocycles. The Kier molecular flexibility index (Phi) is 10.9. The molecule has 240 valence electrons. The molecule has 10 nitrogen and oxygen atoms in total. The molecule has 1 heterocycles. The van der Waals surface area contributed by atoms with Crippen molar-refractivity contribution in [2.24, 2.45) is 10.1 Å². The van der Waals surface area contributed by atoms with Gasteiger partial charge in [0.2, 0.25) is 5.90 Å². The number of aliphatic hydroxyl groups excluding tert-OH is 1. The molecule has 4 aromatic rings. The Balaban J connectivity index is 1.55. The van der Waals surface area contributed by atoms with E-state index in [-0.39, 0.29) is 31.4 Å². The van der Waals surface area contributed by atoms with Crippen LogP contribution in [0.2, 0.25) is 0 Å². The third-order valence-corrected chi connectivity index (χ3v) is 7.85. The predicted octanol–water partition coefficient (Wildman–Crippen LogP) is 7.13. The van der Waals surface area contributed by atoms with Gasteiger partial charge < -0.3 is 24.8 Å². The summed E-state index contributed by atoms with van der Waals surface area (Å²) in [5, 5.41) is 16.1. The number of hydrogen-bond donors (Lipinski definition) is 2. The summed E-state index contributed by atoms with van der Waals surface area (Å²) in [6.07, 6.45) is 3.71. The lowest BCUT2D eigenvalue weighted by atomic mass is 9.83. The van der Waals surface area contributed by atoms with Gasteiger partial charge in [-0.15, -0.1) is 0 Å². The van der Waals surface area contributed by atoms with E-state index in [9.17, 15) is 10.3 Å². The average Bonchev–Trinajstić information content (AvgIpc) is 3.49. The number of anilines is 1. The first-order chi connectivity index (χ1) is 22.9. The first-order valence-electron chi connectivity index (χ1n) is 15.4. The fourth-order valence-electron chi connectivity index (χ4n) is 5.33. The molecule has 1 amide bonds. The van der Waals surface area contributed by atoms with E-state index in [1.807, 2.05) is 104 Å². The standard InChI is InChI=1S/C37H38N6O4/c1-43(2)30-19-15-28(16-20-30)26-39-36(45)37(23-8-12-27-10-4-3-5-11-27)34(32-13-6-7-14-33(32)41-42-38)47-35(40-37)29-17-21-31(22-18-29)46-25-9-24-44/h3-8,10-22,34,44H,9,23-26H2,1-2H3,(H,39,45)/b12-8+/t34-,37-/m1/s1. The Morgan fingerprint density at radius 2 is 1.77 bits per heavy atom. The number of hydrogen-bond acceptors (Lipinski definition) is 7. The van der Waals surface area contributed by atoms with Crippen molar-refractivity contribution >= 4 is 29.3 Å². The normalized spacial score (nSPS) is 17.0. The van der Waals surface area contributed by atoms with Gasteiger partial charge in [0, 0.05) is 67.5 Å². The highest BCUT2D eigenvalue weighted by atomic mass is 16.5. The molecule has 1 aliphatic rings. The summed E-state index contributed by atoms with van der Waals surface area (Å²) >= 11 is 0. The molecule has 47 heavy (non-hydrogen) atoms. The van der Waals surface area contributed by atoms with Gasteiger partial charge >= 0.3 is 0 Å². The molecule has 2 N–H and O–H groups in total. The van der Waals surface area contributed by atoms with Gasteiger partial charge in [-0.3, -0.25) is 4.79 Å². The van der Waals surface area contributed by atoms with Crippen molar-refractivity contribution in [2.75, 3.05) is 32.2 Å². The number of carbonyl (C=O) groups is 1. The summed E-state index contributed by atoms with van der Waals surface area (Å²) in [5.41, 5.74) is 12.5. The Bertz CT molecular complexity index is 1750. The maximum Gasteiger partial charge on any atom is 0.252 e. The number of nitrogens with one attached hydrogen (secondary N) is 1. The van der Waals surface area contributed by atoms with Crippen LogP contribution in [0.4, 0.5) is 11.4 Å². The Hall–Kier alpha value is -5.57. The van der Waals surface area contributed by atoms with Crippen molar-refractivity contribution in [2.45, 2.75) is 31.0 Å². The molecule has 10 heteroatoms. The van der Waals surface area contributed by atoms with Gasteiger partial charge in [0.1, 0.15) is 5.75 Å². The number of aliphatic hydroxyl groups is 1. The second kappa shape index (κ2) is 15.6. The summed E-state index contributed by atoms with van der Waals surface area (Å²) in [7, 11) is 3.96. The second-order valence-corrected chi connectivity index (χ2v) is 11.3. The van der Waals surface area contributed by atoms with E-state index < -0.39 is 11.6 Å². The average molecular weight is 631 g/mol. The van der Waals surface area contributed by atoms with Crippen LogP contribution in [0.5, 0.6) is 5.75 Å². The van der Waals surface area contributed by atoms with Crippen molar-refractivity contribution < 1.29 is 19.4 Å². The number of rotatable bonds is 14. The molecule has 0 saturated carbocycles. The summed E-state index contributed by atoms with van der Waals surface area (Å²) < 4.78 is 12.3.